The van der Waals surface area contributed by atoms with Crippen LogP contribution < -0.4 is 21.3 Å². The van der Waals surface area contributed by atoms with Gasteiger partial charge in [-0.1, -0.05) is 49.6 Å². The second kappa shape index (κ2) is 20.9. The monoisotopic (exact) mass is 774 g/mol. The number of carbonyl (C=O) groups excluding carboxylic acids is 7. The van der Waals surface area contributed by atoms with Crippen LogP contribution in [0, 0.1) is 11.8 Å². The summed E-state index contributed by atoms with van der Waals surface area (Å²) in [7, 11) is 3.06. The van der Waals surface area contributed by atoms with Gasteiger partial charge in [0, 0.05) is 20.6 Å². The highest BCUT2D eigenvalue weighted by Crippen LogP contribution is 2.34. The number of nitrogens with zero attached hydrogens (tertiary/aromatic N) is 2. The number of likely N-dealkylation sites (tertiary alicyclic amines) is 1. The molecule has 3 rings (SSSR count). The maximum absolute atomic E-state index is 14.4. The van der Waals surface area contributed by atoms with Crippen molar-refractivity contribution in [3.63, 3.8) is 0 Å². The van der Waals surface area contributed by atoms with Gasteiger partial charge >= 0.3 is 6.09 Å². The topological polar surface area (TPSA) is 204 Å². The molecular weight excluding hydrogens is 715 g/mol. The predicted molar refractivity (Wildman–Crippen MR) is 201 cm³/mol. The van der Waals surface area contributed by atoms with E-state index in [1.807, 2.05) is 0 Å². The van der Waals surface area contributed by atoms with Crippen LogP contribution in [0.25, 0.3) is 0 Å². The van der Waals surface area contributed by atoms with Crippen molar-refractivity contribution in [3.8, 4) is 0 Å². The number of ketones is 1. The summed E-state index contributed by atoms with van der Waals surface area (Å²) in [5.41, 5.74) is -0.727. The first kappa shape index (κ1) is 44.8. The molecule has 0 spiro atoms. The Labute approximate surface area is 322 Å². The van der Waals surface area contributed by atoms with E-state index in [4.69, 9.17) is 4.74 Å². The van der Waals surface area contributed by atoms with Gasteiger partial charge in [-0.15, -0.1) is 0 Å². The quantitative estimate of drug-likeness (QED) is 0.139. The maximum Gasteiger partial charge on any atom is 0.408 e. The number of alkyl carbamates (subject to hydrolysis) is 1. The lowest BCUT2D eigenvalue weighted by atomic mass is 9.83. The molecule has 5 atom stereocenters. The summed E-state index contributed by atoms with van der Waals surface area (Å²) in [5.74, 6) is -5.57. The van der Waals surface area contributed by atoms with Crippen molar-refractivity contribution in [3.05, 3.63) is 35.9 Å². The van der Waals surface area contributed by atoms with Crippen LogP contribution in [0.15, 0.2) is 30.3 Å². The van der Waals surface area contributed by atoms with E-state index in [1.165, 1.54) is 23.9 Å². The van der Waals surface area contributed by atoms with Crippen LogP contribution in [0.2, 0.25) is 0 Å². The lowest BCUT2D eigenvalue weighted by Gasteiger charge is -2.36. The zero-order valence-electron chi connectivity index (χ0n) is 32.9. The number of amides is 6. The van der Waals surface area contributed by atoms with Crippen LogP contribution in [-0.2, 0) is 33.5 Å². The van der Waals surface area contributed by atoms with E-state index < -0.39 is 96.4 Å². The van der Waals surface area contributed by atoms with Gasteiger partial charge in [-0.05, 0) is 83.6 Å². The number of likely N-dealkylation sites (N-methyl/N-ethyl adjacent to an activating group) is 1. The Morgan fingerprint density at radius 3 is 2.20 bits per heavy atom. The second-order valence-electron chi connectivity index (χ2n) is 15.6. The number of carbonyl (C=O) groups is 7. The molecule has 6 amide bonds. The van der Waals surface area contributed by atoms with Gasteiger partial charge in [0.25, 0.3) is 5.91 Å². The Morgan fingerprint density at radius 1 is 0.964 bits per heavy atom. The average molecular weight is 775 g/mol. The van der Waals surface area contributed by atoms with E-state index >= 15 is 0 Å². The Morgan fingerprint density at radius 2 is 1.62 bits per heavy atom. The Hall–Kier alpha value is -4.60. The van der Waals surface area contributed by atoms with Crippen molar-refractivity contribution in [2.45, 2.75) is 121 Å². The molecule has 1 aromatic carbocycles. The van der Waals surface area contributed by atoms with Crippen LogP contribution in [0.1, 0.15) is 97.1 Å². The summed E-state index contributed by atoms with van der Waals surface area (Å²) >= 11 is 0. The van der Waals surface area contributed by atoms with Crippen molar-refractivity contribution >= 4 is 41.4 Å². The smallest absolute Gasteiger partial charge is 0.408 e. The molecule has 2 fully saturated rings. The van der Waals surface area contributed by atoms with Crippen LogP contribution in [0.5, 0.6) is 0 Å². The van der Waals surface area contributed by atoms with E-state index in [-0.39, 0.29) is 31.7 Å². The molecule has 306 valence electrons. The van der Waals surface area contributed by atoms with E-state index in [0.29, 0.717) is 24.8 Å². The summed E-state index contributed by atoms with van der Waals surface area (Å²) in [5, 5.41) is 20.9. The molecule has 1 aromatic rings. The Bertz CT molecular complexity index is 1500. The van der Waals surface area contributed by atoms with Gasteiger partial charge in [0.15, 0.2) is 0 Å². The molecule has 16 heteroatoms. The van der Waals surface area contributed by atoms with Gasteiger partial charge in [0.1, 0.15) is 18.1 Å². The number of halogens is 1. The van der Waals surface area contributed by atoms with Gasteiger partial charge in [-0.25, -0.2) is 4.79 Å². The summed E-state index contributed by atoms with van der Waals surface area (Å²) in [6.45, 7) is 5.13. The Balaban J connectivity index is 1.81. The van der Waals surface area contributed by atoms with Crippen LogP contribution in [0.3, 0.4) is 0 Å². The molecular formula is C39H59FN6O9. The highest BCUT2D eigenvalue weighted by atomic mass is 19.1. The number of nitrogens with one attached hydrogen (secondary N) is 4. The van der Waals surface area contributed by atoms with E-state index in [9.17, 15) is 43.1 Å². The molecule has 4 unspecified atom stereocenters. The fourth-order valence-corrected chi connectivity index (χ4v) is 7.33. The minimum absolute atomic E-state index is 0.116. The molecule has 1 aliphatic heterocycles. The number of rotatable bonds is 18. The summed E-state index contributed by atoms with van der Waals surface area (Å²) in [6, 6.07) is 3.73. The zero-order chi connectivity index (χ0) is 40.9. The number of aliphatic hydroxyl groups is 1. The fourth-order valence-electron chi connectivity index (χ4n) is 7.33. The van der Waals surface area contributed by atoms with E-state index in [0.717, 1.165) is 19.3 Å². The molecule has 15 nitrogen and oxygen atoms in total. The lowest BCUT2D eigenvalue weighted by molar-refractivity contribution is -0.144. The number of benzene rings is 1. The third-order valence-corrected chi connectivity index (χ3v) is 9.86. The van der Waals surface area contributed by atoms with Crippen molar-refractivity contribution < 1.29 is 47.8 Å². The molecule has 0 bridgehead atoms. The third-order valence-electron chi connectivity index (χ3n) is 9.86. The van der Waals surface area contributed by atoms with Crippen molar-refractivity contribution in [1.29, 1.82) is 0 Å². The van der Waals surface area contributed by atoms with Crippen molar-refractivity contribution in [2.75, 3.05) is 33.9 Å². The molecule has 1 heterocycles. The predicted octanol–water partition coefficient (Wildman–Crippen LogP) is 2.31. The zero-order valence-corrected chi connectivity index (χ0v) is 32.9. The molecule has 1 saturated heterocycles. The van der Waals surface area contributed by atoms with Gasteiger partial charge in [0.2, 0.25) is 29.4 Å². The van der Waals surface area contributed by atoms with E-state index in [2.05, 4.69) is 21.3 Å². The molecule has 55 heavy (non-hydrogen) atoms. The Kier molecular flexibility index (Phi) is 17.0. The molecule has 5 N–H and O–H groups in total. The maximum atomic E-state index is 14.4. The SMILES string of the molecule is CC(C)OC(=O)NC(C(=O)N1CC[C@H](CC(C)(C)O)C1C(=O)NC(CCCF)C(=O)C(=O)NCC(=O)NC(C(=O)N(C)C)c1ccccc1)C1CCCCC1. The highest BCUT2D eigenvalue weighted by molar-refractivity contribution is 6.38. The molecule has 1 aliphatic carbocycles. The average Bonchev–Trinajstić information content (AvgIpc) is 3.55. The normalized spacial score (nSPS) is 19.1. The number of Topliss-reactive ketones (excluding diaryl/α,β-unsaturated/α-hetero) is 1. The van der Waals surface area contributed by atoms with E-state index in [1.54, 1.807) is 58.0 Å². The lowest BCUT2D eigenvalue weighted by Crippen LogP contribution is -2.59. The number of ether oxygens (including phenoxy) is 1. The number of hydrogen-bond donors (Lipinski definition) is 5. The third kappa shape index (κ3) is 13.6. The van der Waals surface area contributed by atoms with Crippen molar-refractivity contribution in [2.24, 2.45) is 11.8 Å². The fraction of sp³-hybridized carbons (Fsp3) is 0.667. The van der Waals surface area contributed by atoms with Gasteiger partial charge in [-0.2, -0.15) is 0 Å². The summed E-state index contributed by atoms with van der Waals surface area (Å²) in [4.78, 5) is 96.3. The first-order valence-corrected chi connectivity index (χ1v) is 19.2. The van der Waals surface area contributed by atoms with Gasteiger partial charge in [0.05, 0.1) is 31.0 Å². The molecule has 2 aliphatic rings. The minimum Gasteiger partial charge on any atom is -0.447 e. The summed E-state index contributed by atoms with van der Waals surface area (Å²) in [6.07, 6.45) is 2.91. The number of alkyl halides is 1. The van der Waals surface area contributed by atoms with Crippen LogP contribution >= 0.6 is 0 Å². The standard InChI is InChI=1S/C39H59FN6O9/c1-24(2)55-38(53)44-31(26-16-11-8-12-17-26)37(52)46-21-19-27(22-39(3,4)54)32(46)34(49)42-28(18-13-20-40)33(48)35(50)41-23-29(47)43-30(36(51)45(5)6)25-14-9-7-10-15-25/h7,9-10,14-15,24,26-28,30-32,54H,8,11-13,16-23H2,1-6H3,(H,41,50)(H,42,49)(H,43,47)(H,44,53)/t27-,28?,30?,31?,32?/m1/s1. The highest BCUT2D eigenvalue weighted by Gasteiger charge is 2.47. The largest absolute Gasteiger partial charge is 0.447 e. The van der Waals surface area contributed by atoms with Gasteiger partial charge < -0.3 is 40.9 Å². The first-order chi connectivity index (χ1) is 25.9. The minimum atomic E-state index is -1.51. The molecule has 0 radical (unpaired) electrons. The second-order valence-corrected chi connectivity index (χ2v) is 15.6. The summed E-state index contributed by atoms with van der Waals surface area (Å²) < 4.78 is 18.7. The van der Waals surface area contributed by atoms with Crippen molar-refractivity contribution in [1.82, 2.24) is 31.1 Å². The molecule has 0 aromatic heterocycles. The van der Waals surface area contributed by atoms with Crippen LogP contribution in [0.4, 0.5) is 9.18 Å². The number of hydrogen-bond acceptors (Lipinski definition) is 9. The van der Waals surface area contributed by atoms with Gasteiger partial charge in [-0.3, -0.25) is 33.2 Å². The molecule has 1 saturated carbocycles. The van der Waals surface area contributed by atoms with Crippen LogP contribution in [-0.4, -0.2) is 120 Å². The first-order valence-electron chi connectivity index (χ1n) is 19.2.